The van der Waals surface area contributed by atoms with Crippen LogP contribution in [0.5, 0.6) is 11.5 Å². The molecule has 47 heavy (non-hydrogen) atoms. The van der Waals surface area contributed by atoms with Crippen LogP contribution >= 0.6 is 0 Å². The number of carbonyl (C=O) groups is 1. The molecule has 2 aromatic rings. The smallest absolute Gasteiger partial charge is 0.280 e. The number of aldehydes is 1. The Bertz CT molecular complexity index is 1020. The zero-order chi connectivity index (χ0) is 33.7. The fourth-order valence-electron chi connectivity index (χ4n) is 6.48. The average Bonchev–Trinajstić information content (AvgIpc) is 3.08. The number of hydrogen-bond donors (Lipinski definition) is 1. The van der Waals surface area contributed by atoms with E-state index in [1.165, 1.54) is 146 Å². The van der Waals surface area contributed by atoms with E-state index in [0.717, 1.165) is 32.0 Å². The van der Waals surface area contributed by atoms with Crippen molar-refractivity contribution in [2.24, 2.45) is 0 Å². The van der Waals surface area contributed by atoms with Crippen LogP contribution in [0.4, 0.5) is 0 Å². The van der Waals surface area contributed by atoms with Gasteiger partial charge in [-0.05, 0) is 61.1 Å². The lowest BCUT2D eigenvalue weighted by Gasteiger charge is -2.32. The van der Waals surface area contributed by atoms with Gasteiger partial charge < -0.3 is 19.4 Å². The number of aliphatic hydroxyl groups is 1. The molecule has 2 rings (SSSR count). The molecule has 266 valence electrons. The first kappa shape index (κ1) is 40.8. The highest BCUT2D eigenvalue weighted by Crippen LogP contribution is 2.28. The van der Waals surface area contributed by atoms with E-state index in [-0.39, 0.29) is 6.42 Å². The van der Waals surface area contributed by atoms with Gasteiger partial charge in [0.1, 0.15) is 24.4 Å². The normalized spacial score (nSPS) is 12.6. The molecule has 0 bridgehead atoms. The molecule has 0 saturated carbocycles. The molecule has 4 heteroatoms. The molecule has 0 aromatic heterocycles. The van der Waals surface area contributed by atoms with Gasteiger partial charge in [0.15, 0.2) is 0 Å². The molecule has 2 aromatic carbocycles. The monoisotopic (exact) mass is 651 g/mol. The molecule has 1 N–H and O–H groups in total. The third-order valence-electron chi connectivity index (χ3n) is 9.43. The molecule has 4 nitrogen and oxygen atoms in total. The van der Waals surface area contributed by atoms with Crippen molar-refractivity contribution < 1.29 is 19.4 Å². The largest absolute Gasteiger partial charge is 0.450 e. The van der Waals surface area contributed by atoms with Crippen molar-refractivity contribution in [3.63, 3.8) is 0 Å². The second-order valence-electron chi connectivity index (χ2n) is 13.9. The molecule has 0 aliphatic rings. The minimum Gasteiger partial charge on any atom is -0.450 e. The predicted molar refractivity (Wildman–Crippen MR) is 200 cm³/mol. The quantitative estimate of drug-likeness (QED) is 0.0486. The minimum atomic E-state index is -1.45. The molecule has 0 aliphatic heterocycles. The molecule has 0 spiro atoms. The first-order valence-corrected chi connectivity index (χ1v) is 19.7. The van der Waals surface area contributed by atoms with Gasteiger partial charge in [0, 0.05) is 0 Å². The third kappa shape index (κ3) is 19.9. The van der Waals surface area contributed by atoms with Crippen LogP contribution in [0.3, 0.4) is 0 Å². The van der Waals surface area contributed by atoms with E-state index >= 15 is 0 Å². The summed E-state index contributed by atoms with van der Waals surface area (Å²) in [5, 5.41) is 10.4. The Morgan fingerprint density at radius 2 is 0.872 bits per heavy atom. The van der Waals surface area contributed by atoms with Crippen molar-refractivity contribution in [1.82, 2.24) is 0 Å². The van der Waals surface area contributed by atoms with Gasteiger partial charge in [-0.3, -0.25) is 0 Å². The fraction of sp³-hybridized carbons (Fsp3) is 0.698. The van der Waals surface area contributed by atoms with Gasteiger partial charge >= 0.3 is 0 Å². The fourth-order valence-corrected chi connectivity index (χ4v) is 6.48. The number of ether oxygens (including phenoxy) is 2. The molecule has 0 fully saturated rings. The standard InChI is InChI=1S/C43H70O4/c1-3-5-7-9-11-13-15-17-19-21-23-25-29-40-31-27-33-42(37-40)47-43(38-45,34-35-44)46-41-32-26-30-39(36-41)28-24-22-20-18-16-14-12-10-8-6-4-2/h26-27,30-33,35-37,45H,3-25,28-29,34,38H2,1-2H3. The zero-order valence-electron chi connectivity index (χ0n) is 30.5. The van der Waals surface area contributed by atoms with Crippen LogP contribution in [-0.4, -0.2) is 23.8 Å². The van der Waals surface area contributed by atoms with Gasteiger partial charge in [-0.1, -0.05) is 173 Å². The van der Waals surface area contributed by atoms with Gasteiger partial charge in [-0.2, -0.15) is 0 Å². The maximum Gasteiger partial charge on any atom is 0.280 e. The molecule has 0 aliphatic carbocycles. The molecule has 1 unspecified atom stereocenters. The summed E-state index contributed by atoms with van der Waals surface area (Å²) in [4.78, 5) is 11.7. The Labute approximate surface area is 289 Å². The van der Waals surface area contributed by atoms with Crippen LogP contribution in [0.15, 0.2) is 48.5 Å². The maximum atomic E-state index is 11.7. The van der Waals surface area contributed by atoms with Crippen molar-refractivity contribution in [3.8, 4) is 11.5 Å². The summed E-state index contributed by atoms with van der Waals surface area (Å²) in [7, 11) is 0. The van der Waals surface area contributed by atoms with Crippen molar-refractivity contribution in [3.05, 3.63) is 59.7 Å². The van der Waals surface area contributed by atoms with Crippen LogP contribution in [-0.2, 0) is 17.6 Å². The number of benzene rings is 2. The lowest BCUT2D eigenvalue weighted by atomic mass is 10.0. The summed E-state index contributed by atoms with van der Waals surface area (Å²) >= 11 is 0. The van der Waals surface area contributed by atoms with E-state index in [9.17, 15) is 9.90 Å². The predicted octanol–water partition coefficient (Wildman–Crippen LogP) is 12.5. The number of aryl methyl sites for hydroxylation is 2. The Balaban J connectivity index is 1.74. The number of rotatable bonds is 32. The van der Waals surface area contributed by atoms with E-state index in [4.69, 9.17) is 9.47 Å². The molecule has 0 amide bonds. The number of hydrogen-bond acceptors (Lipinski definition) is 4. The highest BCUT2D eigenvalue weighted by Gasteiger charge is 2.34. The topological polar surface area (TPSA) is 55.8 Å². The SMILES string of the molecule is CCCCCCCCCCCCCCc1cccc(OC(CO)(CC=O)Oc2cccc(CCCCCCCCCCCCC)c2)c1. The van der Waals surface area contributed by atoms with E-state index < -0.39 is 12.4 Å². The lowest BCUT2D eigenvalue weighted by Crippen LogP contribution is -2.46. The molecular formula is C43H70O4. The highest BCUT2D eigenvalue weighted by atomic mass is 16.7. The van der Waals surface area contributed by atoms with E-state index in [2.05, 4.69) is 26.0 Å². The summed E-state index contributed by atoms with van der Waals surface area (Å²) < 4.78 is 12.5. The van der Waals surface area contributed by atoms with Gasteiger partial charge in [-0.15, -0.1) is 0 Å². The third-order valence-corrected chi connectivity index (χ3v) is 9.43. The van der Waals surface area contributed by atoms with E-state index in [1.54, 1.807) is 0 Å². The van der Waals surface area contributed by atoms with Gasteiger partial charge in [0.05, 0.1) is 6.42 Å². The Morgan fingerprint density at radius 3 is 1.19 bits per heavy atom. The second kappa shape index (κ2) is 27.6. The summed E-state index contributed by atoms with van der Waals surface area (Å²) in [5.74, 6) is -0.213. The highest BCUT2D eigenvalue weighted by molar-refractivity contribution is 5.51. The van der Waals surface area contributed by atoms with E-state index in [0.29, 0.717) is 11.5 Å². The van der Waals surface area contributed by atoms with Crippen LogP contribution in [0.1, 0.15) is 179 Å². The minimum absolute atomic E-state index is 0.0602. The Morgan fingerprint density at radius 1 is 0.532 bits per heavy atom. The first-order valence-electron chi connectivity index (χ1n) is 19.7. The van der Waals surface area contributed by atoms with Crippen LogP contribution in [0.2, 0.25) is 0 Å². The van der Waals surface area contributed by atoms with Gasteiger partial charge in [0.25, 0.3) is 5.79 Å². The van der Waals surface area contributed by atoms with Crippen LogP contribution < -0.4 is 9.47 Å². The van der Waals surface area contributed by atoms with Crippen molar-refractivity contribution in [1.29, 1.82) is 0 Å². The van der Waals surface area contributed by atoms with Crippen LogP contribution in [0, 0.1) is 0 Å². The second-order valence-corrected chi connectivity index (χ2v) is 13.9. The van der Waals surface area contributed by atoms with Crippen molar-refractivity contribution in [2.75, 3.05) is 6.61 Å². The molecule has 1 atom stereocenters. The van der Waals surface area contributed by atoms with Gasteiger partial charge in [-0.25, -0.2) is 0 Å². The summed E-state index contributed by atoms with van der Waals surface area (Å²) in [6.07, 6.45) is 33.4. The molecule has 0 heterocycles. The molecule has 0 saturated heterocycles. The zero-order valence-corrected chi connectivity index (χ0v) is 30.5. The van der Waals surface area contributed by atoms with Crippen LogP contribution in [0.25, 0.3) is 0 Å². The molecule has 0 radical (unpaired) electrons. The Kier molecular flexibility index (Phi) is 24.0. The van der Waals surface area contributed by atoms with Crippen molar-refractivity contribution >= 4 is 6.29 Å². The Hall–Kier alpha value is -2.33. The number of carbonyl (C=O) groups excluding carboxylic acids is 1. The maximum absolute atomic E-state index is 11.7. The summed E-state index contributed by atoms with van der Waals surface area (Å²) in [6.45, 7) is 4.13. The average molecular weight is 651 g/mol. The number of unbranched alkanes of at least 4 members (excludes halogenated alkanes) is 21. The first-order chi connectivity index (χ1) is 23.1. The molecular weight excluding hydrogens is 580 g/mol. The van der Waals surface area contributed by atoms with Gasteiger partial charge in [0.2, 0.25) is 0 Å². The summed E-state index contributed by atoms with van der Waals surface area (Å²) in [6, 6.07) is 16.1. The van der Waals surface area contributed by atoms with E-state index in [1.807, 2.05) is 36.4 Å². The summed E-state index contributed by atoms with van der Waals surface area (Å²) in [5.41, 5.74) is 2.42. The van der Waals surface area contributed by atoms with Crippen molar-refractivity contribution in [2.45, 2.75) is 187 Å². The lowest BCUT2D eigenvalue weighted by molar-refractivity contribution is -0.153. The number of aliphatic hydroxyl groups excluding tert-OH is 1.